The molecule has 1 amide bonds. The van der Waals surface area contributed by atoms with Crippen molar-refractivity contribution in [3.8, 4) is 22.6 Å². The number of nitrogens with zero attached hydrogens (tertiary/aromatic N) is 1. The van der Waals surface area contributed by atoms with Gasteiger partial charge in [0.1, 0.15) is 39.5 Å². The largest absolute Gasteiger partial charge is 0.456 e. The topological polar surface area (TPSA) is 105 Å². The summed E-state index contributed by atoms with van der Waals surface area (Å²) in [6.45, 7) is 7.72. The number of nitrogens with one attached hydrogen (secondary N) is 3. The van der Waals surface area contributed by atoms with E-state index in [4.69, 9.17) is 4.74 Å². The number of rotatable bonds is 8. The number of pyridine rings is 1. The number of hydrogen-bond acceptors (Lipinski definition) is 4. The molecule has 0 bridgehead atoms. The van der Waals surface area contributed by atoms with E-state index in [0.717, 1.165) is 5.56 Å². The lowest BCUT2D eigenvalue weighted by Crippen LogP contribution is -2.17. The SMILES string of the molecule is Cc1cc(F)cc(C)c1Oc1ccc(NS(C)=O)cc1-c1cn(C)c(=O)c2[nH]c(C(=O)Nc3ccc(C(C)C)cc3)cc12. The maximum atomic E-state index is 14.0. The number of anilines is 2. The summed E-state index contributed by atoms with van der Waals surface area (Å²) in [6, 6.07) is 17.3. The Balaban J connectivity index is 1.62. The maximum Gasteiger partial charge on any atom is 0.274 e. The minimum atomic E-state index is -1.34. The fourth-order valence-corrected chi connectivity index (χ4v) is 5.51. The number of carbonyl (C=O) groups excluding carboxylic acids is 1. The van der Waals surface area contributed by atoms with Crippen molar-refractivity contribution in [2.75, 3.05) is 16.3 Å². The van der Waals surface area contributed by atoms with E-state index in [0.29, 0.717) is 56.4 Å². The predicted octanol–water partition coefficient (Wildman–Crippen LogP) is 7.16. The van der Waals surface area contributed by atoms with Gasteiger partial charge >= 0.3 is 0 Å². The van der Waals surface area contributed by atoms with Crippen LogP contribution in [0, 0.1) is 19.7 Å². The molecule has 2 aromatic heterocycles. The molecular formula is C33H33FN4O4S. The Bertz CT molecular complexity index is 1920. The van der Waals surface area contributed by atoms with Gasteiger partial charge in [-0.05, 0) is 85.0 Å². The molecule has 0 saturated heterocycles. The average Bonchev–Trinajstić information content (AvgIpc) is 3.39. The Morgan fingerprint density at radius 2 is 1.63 bits per heavy atom. The lowest BCUT2D eigenvalue weighted by molar-refractivity contribution is 0.102. The number of benzene rings is 3. The second-order valence-corrected chi connectivity index (χ2v) is 12.0. The predicted molar refractivity (Wildman–Crippen MR) is 171 cm³/mol. The van der Waals surface area contributed by atoms with Crippen molar-refractivity contribution in [2.45, 2.75) is 33.6 Å². The van der Waals surface area contributed by atoms with Crippen LogP contribution in [0.3, 0.4) is 0 Å². The van der Waals surface area contributed by atoms with Crippen molar-refractivity contribution in [3.05, 3.63) is 105 Å². The average molecular weight is 601 g/mol. The second kappa shape index (κ2) is 11.9. The number of carbonyl (C=O) groups is 1. The Labute approximate surface area is 251 Å². The van der Waals surface area contributed by atoms with Crippen LogP contribution in [0.5, 0.6) is 11.5 Å². The van der Waals surface area contributed by atoms with Crippen molar-refractivity contribution >= 4 is 39.2 Å². The van der Waals surface area contributed by atoms with Gasteiger partial charge in [0.05, 0.1) is 0 Å². The summed E-state index contributed by atoms with van der Waals surface area (Å²) in [5.74, 6) is 0.543. The number of ether oxygens (including phenoxy) is 1. The number of aromatic amines is 1. The van der Waals surface area contributed by atoms with Crippen molar-refractivity contribution < 1.29 is 18.1 Å². The van der Waals surface area contributed by atoms with E-state index in [9.17, 15) is 18.2 Å². The summed E-state index contributed by atoms with van der Waals surface area (Å²) < 4.78 is 36.7. The highest BCUT2D eigenvalue weighted by Crippen LogP contribution is 2.40. The summed E-state index contributed by atoms with van der Waals surface area (Å²) in [5, 5.41) is 3.40. The minimum Gasteiger partial charge on any atom is -0.456 e. The molecule has 1 unspecified atom stereocenters. The Kier molecular flexibility index (Phi) is 8.23. The second-order valence-electron chi connectivity index (χ2n) is 10.9. The number of amides is 1. The highest BCUT2D eigenvalue weighted by atomic mass is 32.2. The fourth-order valence-electron chi connectivity index (χ4n) is 5.05. The third-order valence-electron chi connectivity index (χ3n) is 7.21. The molecule has 0 aliphatic rings. The lowest BCUT2D eigenvalue weighted by Gasteiger charge is -2.17. The minimum absolute atomic E-state index is 0.212. The Morgan fingerprint density at radius 1 is 0.977 bits per heavy atom. The molecule has 2 heterocycles. The van der Waals surface area contributed by atoms with E-state index < -0.39 is 16.9 Å². The van der Waals surface area contributed by atoms with Gasteiger partial charge in [-0.1, -0.05) is 26.0 Å². The highest BCUT2D eigenvalue weighted by Gasteiger charge is 2.20. The van der Waals surface area contributed by atoms with Gasteiger partial charge in [0.25, 0.3) is 11.5 Å². The molecule has 3 N–H and O–H groups in total. The van der Waals surface area contributed by atoms with E-state index in [2.05, 4.69) is 28.9 Å². The molecule has 5 rings (SSSR count). The molecular weight excluding hydrogens is 567 g/mol. The molecule has 43 heavy (non-hydrogen) atoms. The molecule has 0 fully saturated rings. The number of aromatic nitrogens is 2. The van der Waals surface area contributed by atoms with E-state index in [1.807, 2.05) is 24.3 Å². The number of halogens is 1. The highest BCUT2D eigenvalue weighted by molar-refractivity contribution is 7.85. The molecule has 0 aliphatic heterocycles. The van der Waals surface area contributed by atoms with Gasteiger partial charge in [-0.25, -0.2) is 8.60 Å². The van der Waals surface area contributed by atoms with E-state index in [1.165, 1.54) is 23.0 Å². The number of aryl methyl sites for hydroxylation is 3. The quantitative estimate of drug-likeness (QED) is 0.176. The van der Waals surface area contributed by atoms with Crippen molar-refractivity contribution in [3.63, 3.8) is 0 Å². The third kappa shape index (κ3) is 6.24. The van der Waals surface area contributed by atoms with Gasteiger partial charge in [-0.15, -0.1) is 0 Å². The van der Waals surface area contributed by atoms with Crippen LogP contribution < -0.4 is 20.3 Å². The molecule has 0 spiro atoms. The van der Waals surface area contributed by atoms with Crippen LogP contribution in [0.4, 0.5) is 15.8 Å². The normalized spacial score (nSPS) is 12.0. The standard InChI is InChI=1S/C33H33FN4O4S/c1-18(2)21-7-9-23(10-8-21)35-32(39)28-16-26-27(17-38(5)33(40)30(26)36-28)25-15-24(37-43(6)41)11-12-29(25)42-31-19(3)13-22(34)14-20(31)4/h7-18,36-37H,1-6H3,(H,35,39). The van der Waals surface area contributed by atoms with Crippen LogP contribution in [-0.2, 0) is 18.0 Å². The molecule has 222 valence electrons. The van der Waals surface area contributed by atoms with E-state index in [-0.39, 0.29) is 22.6 Å². The van der Waals surface area contributed by atoms with E-state index in [1.54, 1.807) is 51.4 Å². The summed E-state index contributed by atoms with van der Waals surface area (Å²) in [5.41, 5.74) is 4.92. The van der Waals surface area contributed by atoms with Crippen molar-refractivity contribution in [1.29, 1.82) is 0 Å². The van der Waals surface area contributed by atoms with Gasteiger partial charge in [0.15, 0.2) is 0 Å². The van der Waals surface area contributed by atoms with Crippen LogP contribution in [-0.4, -0.2) is 25.9 Å². The first-order valence-corrected chi connectivity index (χ1v) is 15.3. The zero-order valence-corrected chi connectivity index (χ0v) is 25.6. The monoisotopic (exact) mass is 600 g/mol. The number of fused-ring (bicyclic) bond motifs is 1. The van der Waals surface area contributed by atoms with Crippen LogP contribution in [0.15, 0.2) is 71.7 Å². The molecule has 0 radical (unpaired) electrons. The summed E-state index contributed by atoms with van der Waals surface area (Å²) >= 11 is 0. The molecule has 0 saturated carbocycles. The van der Waals surface area contributed by atoms with Gasteiger partial charge < -0.3 is 24.3 Å². The third-order valence-corrected chi connectivity index (χ3v) is 7.74. The van der Waals surface area contributed by atoms with Gasteiger partial charge in [0, 0.05) is 47.4 Å². The molecule has 10 heteroatoms. The van der Waals surface area contributed by atoms with E-state index >= 15 is 0 Å². The van der Waals surface area contributed by atoms with Crippen LogP contribution in [0.25, 0.3) is 22.0 Å². The smallest absolute Gasteiger partial charge is 0.274 e. The fraction of sp³-hybridized carbons (Fsp3) is 0.212. The first kappa shape index (κ1) is 29.8. The van der Waals surface area contributed by atoms with Crippen molar-refractivity contribution in [2.24, 2.45) is 7.05 Å². The molecule has 1 atom stereocenters. The maximum absolute atomic E-state index is 14.0. The van der Waals surface area contributed by atoms with Crippen molar-refractivity contribution in [1.82, 2.24) is 9.55 Å². The van der Waals surface area contributed by atoms with Gasteiger partial charge in [-0.2, -0.15) is 0 Å². The zero-order chi connectivity index (χ0) is 31.0. The number of hydrogen-bond donors (Lipinski definition) is 3. The molecule has 5 aromatic rings. The van der Waals surface area contributed by atoms with Crippen LogP contribution in [0.2, 0.25) is 0 Å². The summed E-state index contributed by atoms with van der Waals surface area (Å²) in [6.07, 6.45) is 3.19. The molecule has 8 nitrogen and oxygen atoms in total. The van der Waals surface area contributed by atoms with Gasteiger partial charge in [0.2, 0.25) is 0 Å². The number of H-pyrrole nitrogens is 1. The molecule has 0 aliphatic carbocycles. The summed E-state index contributed by atoms with van der Waals surface area (Å²) in [7, 11) is 0.281. The molecule has 3 aromatic carbocycles. The zero-order valence-electron chi connectivity index (χ0n) is 24.8. The van der Waals surface area contributed by atoms with Crippen LogP contribution in [0.1, 0.15) is 46.9 Å². The first-order chi connectivity index (χ1) is 20.4. The Hall–Kier alpha value is -4.70. The first-order valence-electron chi connectivity index (χ1n) is 13.7. The Morgan fingerprint density at radius 3 is 2.26 bits per heavy atom. The summed E-state index contributed by atoms with van der Waals surface area (Å²) in [4.78, 5) is 29.5. The van der Waals surface area contributed by atoms with Gasteiger partial charge in [-0.3, -0.25) is 9.59 Å². The lowest BCUT2D eigenvalue weighted by atomic mass is 10.0. The van der Waals surface area contributed by atoms with Crippen LogP contribution >= 0.6 is 0 Å².